The Bertz CT molecular complexity index is 824. The molecule has 2 saturated heterocycles. The van der Waals surface area contributed by atoms with Crippen molar-refractivity contribution in [1.82, 2.24) is 14.8 Å². The second-order valence-electron chi connectivity index (χ2n) is 7.75. The van der Waals surface area contributed by atoms with E-state index in [1.54, 1.807) is 12.4 Å². The molecule has 0 aliphatic carbocycles. The summed E-state index contributed by atoms with van der Waals surface area (Å²) >= 11 is 0. The zero-order valence-electron chi connectivity index (χ0n) is 16.6. The number of carbonyl (C=O) groups excluding carboxylic acids is 2. The minimum atomic E-state index is 0.0973. The van der Waals surface area contributed by atoms with Gasteiger partial charge in [-0.3, -0.25) is 14.6 Å². The molecule has 2 aliphatic heterocycles. The average molecular weight is 393 g/mol. The fraction of sp³-hybridized carbons (Fsp3) is 0.435. The molecule has 6 heteroatoms. The van der Waals surface area contributed by atoms with Crippen molar-refractivity contribution in [3.05, 3.63) is 59.9 Å². The Kier molecular flexibility index (Phi) is 6.08. The highest BCUT2D eigenvalue weighted by Gasteiger charge is 2.24. The van der Waals surface area contributed by atoms with Crippen molar-refractivity contribution in [2.45, 2.75) is 38.2 Å². The Hall–Kier alpha value is -2.89. The van der Waals surface area contributed by atoms with E-state index in [0.29, 0.717) is 19.5 Å². The molecule has 29 heavy (non-hydrogen) atoms. The zero-order chi connectivity index (χ0) is 20.1. The maximum atomic E-state index is 12.5. The number of amides is 2. The average Bonchev–Trinajstić information content (AvgIpc) is 3.30. The molecule has 2 aliphatic rings. The largest absolute Gasteiger partial charge is 0.490 e. The minimum absolute atomic E-state index is 0.0973. The predicted molar refractivity (Wildman–Crippen MR) is 110 cm³/mol. The number of nitrogens with zero attached hydrogens (tertiary/aromatic N) is 3. The van der Waals surface area contributed by atoms with Gasteiger partial charge in [-0.15, -0.1) is 0 Å². The summed E-state index contributed by atoms with van der Waals surface area (Å²) < 4.78 is 6.09. The van der Waals surface area contributed by atoms with Gasteiger partial charge in [-0.25, -0.2) is 0 Å². The predicted octanol–water partition coefficient (Wildman–Crippen LogP) is 2.93. The molecule has 0 atom stereocenters. The SMILES string of the molecule is O=C(Cc1ccncc1)N1CCC(Oc2ccc(C(=O)N3CCCC3)cc2)CC1. The van der Waals surface area contributed by atoms with E-state index in [4.69, 9.17) is 4.74 Å². The van der Waals surface area contributed by atoms with E-state index in [2.05, 4.69) is 4.98 Å². The second kappa shape index (κ2) is 9.07. The molecule has 1 aromatic heterocycles. The van der Waals surface area contributed by atoms with Gasteiger partial charge < -0.3 is 14.5 Å². The van der Waals surface area contributed by atoms with Crippen molar-refractivity contribution in [3.63, 3.8) is 0 Å². The van der Waals surface area contributed by atoms with Gasteiger partial charge in [0.25, 0.3) is 5.91 Å². The lowest BCUT2D eigenvalue weighted by atomic mass is 10.1. The van der Waals surface area contributed by atoms with Crippen LogP contribution in [0.25, 0.3) is 0 Å². The molecule has 4 rings (SSSR count). The Morgan fingerprint density at radius 3 is 2.21 bits per heavy atom. The Labute approximate surface area is 171 Å². The Morgan fingerprint density at radius 1 is 0.897 bits per heavy atom. The van der Waals surface area contributed by atoms with E-state index < -0.39 is 0 Å². The van der Waals surface area contributed by atoms with Gasteiger partial charge in [0.2, 0.25) is 5.91 Å². The van der Waals surface area contributed by atoms with Gasteiger partial charge in [0, 0.05) is 57.0 Å². The number of carbonyl (C=O) groups is 2. The van der Waals surface area contributed by atoms with Crippen LogP contribution in [0, 0.1) is 0 Å². The smallest absolute Gasteiger partial charge is 0.253 e. The van der Waals surface area contributed by atoms with Crippen molar-refractivity contribution >= 4 is 11.8 Å². The van der Waals surface area contributed by atoms with Crippen LogP contribution in [-0.2, 0) is 11.2 Å². The van der Waals surface area contributed by atoms with Gasteiger partial charge in [0.1, 0.15) is 11.9 Å². The van der Waals surface area contributed by atoms with Gasteiger partial charge in [-0.05, 0) is 54.8 Å². The standard InChI is InChI=1S/C23H27N3O3/c27-22(17-18-7-11-24-12-8-18)25-15-9-21(10-16-25)29-20-5-3-19(4-6-20)23(28)26-13-1-2-14-26/h3-8,11-12,21H,1-2,9-10,13-17H2. The fourth-order valence-electron chi connectivity index (χ4n) is 3.98. The van der Waals surface area contributed by atoms with E-state index in [0.717, 1.165) is 55.6 Å². The van der Waals surface area contributed by atoms with Crippen LogP contribution in [0.3, 0.4) is 0 Å². The van der Waals surface area contributed by atoms with Crippen LogP contribution in [0.2, 0.25) is 0 Å². The maximum Gasteiger partial charge on any atom is 0.253 e. The molecule has 1 aromatic carbocycles. The molecule has 2 aromatic rings. The van der Waals surface area contributed by atoms with Crippen LogP contribution < -0.4 is 4.74 Å². The van der Waals surface area contributed by atoms with Gasteiger partial charge in [0.05, 0.1) is 6.42 Å². The van der Waals surface area contributed by atoms with Gasteiger partial charge in [0.15, 0.2) is 0 Å². The first kappa shape index (κ1) is 19.4. The summed E-state index contributed by atoms with van der Waals surface area (Å²) in [5.41, 5.74) is 1.71. The molecule has 152 valence electrons. The maximum absolute atomic E-state index is 12.5. The van der Waals surface area contributed by atoms with Crippen LogP contribution in [-0.4, -0.2) is 58.9 Å². The first-order valence-corrected chi connectivity index (χ1v) is 10.4. The summed E-state index contributed by atoms with van der Waals surface area (Å²) in [6.45, 7) is 3.13. The third-order valence-corrected chi connectivity index (χ3v) is 5.70. The van der Waals surface area contributed by atoms with E-state index in [-0.39, 0.29) is 17.9 Å². The lowest BCUT2D eigenvalue weighted by Crippen LogP contribution is -2.42. The minimum Gasteiger partial charge on any atom is -0.490 e. The van der Waals surface area contributed by atoms with Crippen LogP contribution in [0.4, 0.5) is 0 Å². The van der Waals surface area contributed by atoms with Gasteiger partial charge in [-0.2, -0.15) is 0 Å². The molecule has 6 nitrogen and oxygen atoms in total. The van der Waals surface area contributed by atoms with Crippen molar-refractivity contribution in [3.8, 4) is 5.75 Å². The topological polar surface area (TPSA) is 62.7 Å². The summed E-state index contributed by atoms with van der Waals surface area (Å²) in [5, 5.41) is 0. The third kappa shape index (κ3) is 4.94. The second-order valence-corrected chi connectivity index (χ2v) is 7.75. The molecule has 0 radical (unpaired) electrons. The summed E-state index contributed by atoms with van der Waals surface area (Å²) in [7, 11) is 0. The number of likely N-dealkylation sites (tertiary alicyclic amines) is 2. The fourth-order valence-corrected chi connectivity index (χ4v) is 3.98. The number of aromatic nitrogens is 1. The molecule has 0 N–H and O–H groups in total. The number of rotatable bonds is 5. The normalized spacial score (nSPS) is 17.4. The van der Waals surface area contributed by atoms with E-state index in [1.165, 1.54) is 0 Å². The number of benzene rings is 1. The van der Waals surface area contributed by atoms with Crippen molar-refractivity contribution < 1.29 is 14.3 Å². The number of ether oxygens (including phenoxy) is 1. The molecule has 0 bridgehead atoms. The van der Waals surface area contributed by atoms with Crippen LogP contribution >= 0.6 is 0 Å². The van der Waals surface area contributed by atoms with Gasteiger partial charge in [-0.1, -0.05) is 0 Å². The van der Waals surface area contributed by atoms with Crippen LogP contribution in [0.15, 0.2) is 48.8 Å². The highest BCUT2D eigenvalue weighted by atomic mass is 16.5. The highest BCUT2D eigenvalue weighted by Crippen LogP contribution is 2.21. The highest BCUT2D eigenvalue weighted by molar-refractivity contribution is 5.94. The quantitative estimate of drug-likeness (QED) is 0.784. The number of piperidine rings is 1. The molecule has 0 spiro atoms. The third-order valence-electron chi connectivity index (χ3n) is 5.70. The van der Waals surface area contributed by atoms with E-state index in [9.17, 15) is 9.59 Å². The molecular weight excluding hydrogens is 366 g/mol. The van der Waals surface area contributed by atoms with E-state index >= 15 is 0 Å². The summed E-state index contributed by atoms with van der Waals surface area (Å²) in [6, 6.07) is 11.2. The first-order valence-electron chi connectivity index (χ1n) is 10.4. The number of pyridine rings is 1. The molecule has 0 unspecified atom stereocenters. The lowest BCUT2D eigenvalue weighted by Gasteiger charge is -2.32. The molecule has 2 amide bonds. The lowest BCUT2D eigenvalue weighted by molar-refractivity contribution is -0.132. The zero-order valence-corrected chi connectivity index (χ0v) is 16.6. The van der Waals surface area contributed by atoms with E-state index in [1.807, 2.05) is 46.2 Å². The molecule has 2 fully saturated rings. The van der Waals surface area contributed by atoms with Crippen LogP contribution in [0.1, 0.15) is 41.6 Å². The Morgan fingerprint density at radius 2 is 1.55 bits per heavy atom. The van der Waals surface area contributed by atoms with Gasteiger partial charge >= 0.3 is 0 Å². The summed E-state index contributed by atoms with van der Waals surface area (Å²) in [4.78, 5) is 32.7. The summed E-state index contributed by atoms with van der Waals surface area (Å²) in [6.07, 6.45) is 7.76. The van der Waals surface area contributed by atoms with Crippen molar-refractivity contribution in [2.24, 2.45) is 0 Å². The monoisotopic (exact) mass is 393 g/mol. The first-order chi connectivity index (χ1) is 14.2. The van der Waals surface area contributed by atoms with Crippen LogP contribution in [0.5, 0.6) is 5.75 Å². The van der Waals surface area contributed by atoms with Crippen molar-refractivity contribution in [2.75, 3.05) is 26.2 Å². The molecule has 0 saturated carbocycles. The number of hydrogen-bond acceptors (Lipinski definition) is 4. The molecule has 3 heterocycles. The molecular formula is C23H27N3O3. The summed E-state index contributed by atoms with van der Waals surface area (Å²) in [5.74, 6) is 1.04. The number of hydrogen-bond donors (Lipinski definition) is 0. The Balaban J connectivity index is 1.25. The van der Waals surface area contributed by atoms with Crippen molar-refractivity contribution in [1.29, 1.82) is 0 Å².